The Morgan fingerprint density at radius 3 is 2.39 bits per heavy atom. The van der Waals surface area contributed by atoms with Crippen molar-refractivity contribution < 1.29 is 14.0 Å². The highest BCUT2D eigenvalue weighted by Crippen LogP contribution is 2.74. The SMILES string of the molecule is CCCc1nnc([C@]23CCC(C)(C)CC2[C@@H]2C(=O)C=C4[C@@]5(C)C=C(C#N)C(=O)C(C)(C)[C@@H]5CC[C@@]4(C)[C@]2(C)CC3)o1. The number of aryl methyl sites for hydroxylation is 1. The van der Waals surface area contributed by atoms with E-state index in [-0.39, 0.29) is 56.6 Å². The maximum atomic E-state index is 14.7. The molecule has 1 aromatic heterocycles. The average molecular weight is 558 g/mol. The minimum atomic E-state index is -0.652. The van der Waals surface area contributed by atoms with Crippen molar-refractivity contribution in [3.8, 4) is 6.07 Å². The predicted molar refractivity (Wildman–Crippen MR) is 156 cm³/mol. The molecule has 6 rings (SSSR count). The molecule has 0 aliphatic heterocycles. The molecule has 1 unspecified atom stereocenters. The van der Waals surface area contributed by atoms with E-state index in [1.165, 1.54) is 0 Å². The molecule has 0 bridgehead atoms. The number of rotatable bonds is 3. The first-order chi connectivity index (χ1) is 19.1. The van der Waals surface area contributed by atoms with Crippen molar-refractivity contribution in [1.29, 1.82) is 5.26 Å². The van der Waals surface area contributed by atoms with Gasteiger partial charge in [-0.3, -0.25) is 9.59 Å². The van der Waals surface area contributed by atoms with Gasteiger partial charge in [0.05, 0.1) is 11.0 Å². The summed E-state index contributed by atoms with van der Waals surface area (Å²) in [6.07, 6.45) is 12.3. The van der Waals surface area contributed by atoms with E-state index in [1.807, 2.05) is 26.0 Å². The fourth-order valence-corrected chi connectivity index (χ4v) is 10.8. The van der Waals surface area contributed by atoms with Crippen LogP contribution in [0.25, 0.3) is 0 Å². The van der Waals surface area contributed by atoms with Crippen LogP contribution in [0.2, 0.25) is 0 Å². The lowest BCUT2D eigenvalue weighted by Gasteiger charge is -2.68. The van der Waals surface area contributed by atoms with Crippen molar-refractivity contribution >= 4 is 11.6 Å². The van der Waals surface area contributed by atoms with Crippen LogP contribution in [0.5, 0.6) is 0 Å². The van der Waals surface area contributed by atoms with Crippen LogP contribution in [0.4, 0.5) is 0 Å². The summed E-state index contributed by atoms with van der Waals surface area (Å²) < 4.78 is 6.40. The van der Waals surface area contributed by atoms with Crippen molar-refractivity contribution in [1.82, 2.24) is 10.2 Å². The molecule has 1 heterocycles. The van der Waals surface area contributed by atoms with E-state index in [4.69, 9.17) is 4.42 Å². The molecule has 3 saturated carbocycles. The van der Waals surface area contributed by atoms with Crippen molar-refractivity contribution in [3.63, 3.8) is 0 Å². The first kappa shape index (κ1) is 28.6. The molecule has 1 aromatic rings. The number of nitrogens with zero attached hydrogens (tertiary/aromatic N) is 3. The van der Waals surface area contributed by atoms with Crippen molar-refractivity contribution in [2.24, 2.45) is 44.8 Å². The molecule has 0 radical (unpaired) electrons. The first-order valence-electron chi connectivity index (χ1n) is 15.9. The fourth-order valence-electron chi connectivity index (χ4n) is 10.8. The van der Waals surface area contributed by atoms with Gasteiger partial charge < -0.3 is 4.42 Å². The molecule has 5 aliphatic carbocycles. The second kappa shape index (κ2) is 8.74. The van der Waals surface area contributed by atoms with Gasteiger partial charge in [0.15, 0.2) is 11.6 Å². The molecule has 0 saturated heterocycles. The number of carbonyl (C=O) groups excluding carboxylic acids is 2. The van der Waals surface area contributed by atoms with Gasteiger partial charge in [-0.1, -0.05) is 67.0 Å². The molecule has 5 aliphatic rings. The van der Waals surface area contributed by atoms with Gasteiger partial charge in [-0.2, -0.15) is 5.26 Å². The monoisotopic (exact) mass is 557 g/mol. The Morgan fingerprint density at radius 2 is 1.71 bits per heavy atom. The van der Waals surface area contributed by atoms with Crippen molar-refractivity contribution in [2.45, 2.75) is 119 Å². The zero-order chi connectivity index (χ0) is 29.8. The third-order valence-electron chi connectivity index (χ3n) is 13.2. The molecule has 7 atom stereocenters. The highest BCUT2D eigenvalue weighted by molar-refractivity contribution is 6.04. The van der Waals surface area contributed by atoms with Crippen LogP contribution in [0, 0.1) is 56.2 Å². The minimum Gasteiger partial charge on any atom is -0.425 e. The summed E-state index contributed by atoms with van der Waals surface area (Å²) in [7, 11) is 0. The summed E-state index contributed by atoms with van der Waals surface area (Å²) in [4.78, 5) is 28.0. The van der Waals surface area contributed by atoms with Gasteiger partial charge in [-0.25, -0.2) is 0 Å². The van der Waals surface area contributed by atoms with Crippen LogP contribution in [0.15, 0.2) is 27.7 Å². The summed E-state index contributed by atoms with van der Waals surface area (Å²) in [5.41, 5.74) is -0.390. The quantitative estimate of drug-likeness (QED) is 0.382. The lowest BCUT2D eigenvalue weighted by atomic mass is 9.34. The Labute approximate surface area is 245 Å². The molecular formula is C35H47N3O3. The van der Waals surface area contributed by atoms with Crippen LogP contribution in [0.3, 0.4) is 0 Å². The lowest BCUT2D eigenvalue weighted by Crippen LogP contribution is -2.65. The number of Topliss-reactive ketones (excluding diaryl/α,β-unsaturated/α-hetero) is 1. The summed E-state index contributed by atoms with van der Waals surface area (Å²) in [5, 5.41) is 19.0. The Hall–Kier alpha value is -2.55. The Bertz CT molecular complexity index is 1420. The minimum absolute atomic E-state index is 0.0542. The van der Waals surface area contributed by atoms with Gasteiger partial charge in [0.2, 0.25) is 11.8 Å². The van der Waals surface area contributed by atoms with Gasteiger partial charge in [-0.05, 0) is 85.5 Å². The van der Waals surface area contributed by atoms with Crippen LogP contribution in [-0.4, -0.2) is 21.8 Å². The standard InChI is InChI=1S/C35H47N3O3/c1-9-10-26-37-38-29(41-26)35-15-13-30(2,3)19-22(35)27-23(39)17-25-32(6)18-21(20-36)28(40)31(4,5)24(32)11-12-33(25,7)34(27,8)14-16-35/h17-18,22,24,27H,9-16,19H2,1-8H3/t22?,24-,27+,32-,33+,34+,35-/m0/s1. The molecule has 0 aromatic carbocycles. The molecule has 3 fully saturated rings. The number of hydrogen-bond acceptors (Lipinski definition) is 6. The Balaban J connectivity index is 1.51. The van der Waals surface area contributed by atoms with E-state index < -0.39 is 10.8 Å². The van der Waals surface area contributed by atoms with Gasteiger partial charge in [0.1, 0.15) is 6.07 Å². The summed E-state index contributed by atoms with van der Waals surface area (Å²) in [5.74, 6) is 1.65. The lowest BCUT2D eigenvalue weighted by molar-refractivity contribution is -0.161. The summed E-state index contributed by atoms with van der Waals surface area (Å²) in [6.45, 7) is 17.8. The van der Waals surface area contributed by atoms with Gasteiger partial charge in [0.25, 0.3) is 0 Å². The largest absolute Gasteiger partial charge is 0.425 e. The van der Waals surface area contributed by atoms with Crippen molar-refractivity contribution in [3.05, 3.63) is 35.1 Å². The molecule has 41 heavy (non-hydrogen) atoms. The second-order valence-electron chi connectivity index (χ2n) is 16.2. The number of fused-ring (bicyclic) bond motifs is 7. The molecule has 6 heteroatoms. The molecule has 0 N–H and O–H groups in total. The van der Waals surface area contributed by atoms with E-state index in [0.717, 1.165) is 69.3 Å². The van der Waals surface area contributed by atoms with E-state index in [0.29, 0.717) is 5.89 Å². The zero-order valence-electron chi connectivity index (χ0n) is 26.3. The number of nitriles is 1. The van der Waals surface area contributed by atoms with Crippen LogP contribution >= 0.6 is 0 Å². The third kappa shape index (κ3) is 3.59. The highest BCUT2D eigenvalue weighted by atomic mass is 16.4. The maximum Gasteiger partial charge on any atom is 0.222 e. The van der Waals surface area contributed by atoms with E-state index in [2.05, 4.69) is 57.8 Å². The van der Waals surface area contributed by atoms with Gasteiger partial charge in [0, 0.05) is 23.2 Å². The number of ketones is 2. The number of carbonyl (C=O) groups is 2. The topological polar surface area (TPSA) is 96.9 Å². The number of allylic oxidation sites excluding steroid dienone is 4. The summed E-state index contributed by atoms with van der Waals surface area (Å²) >= 11 is 0. The van der Waals surface area contributed by atoms with Gasteiger partial charge in [-0.15, -0.1) is 10.2 Å². The van der Waals surface area contributed by atoms with Crippen LogP contribution in [-0.2, 0) is 21.4 Å². The Kier molecular flexibility index (Phi) is 6.09. The first-order valence-corrected chi connectivity index (χ1v) is 15.9. The van der Waals surface area contributed by atoms with E-state index in [9.17, 15) is 14.9 Å². The predicted octanol–water partition coefficient (Wildman–Crippen LogP) is 7.49. The van der Waals surface area contributed by atoms with E-state index in [1.54, 1.807) is 0 Å². The third-order valence-corrected chi connectivity index (χ3v) is 13.2. The van der Waals surface area contributed by atoms with Crippen LogP contribution < -0.4 is 0 Å². The Morgan fingerprint density at radius 1 is 1.00 bits per heavy atom. The van der Waals surface area contributed by atoms with Gasteiger partial charge >= 0.3 is 0 Å². The normalized spacial score (nSPS) is 42.6. The molecule has 6 nitrogen and oxygen atoms in total. The van der Waals surface area contributed by atoms with Crippen molar-refractivity contribution in [2.75, 3.05) is 0 Å². The maximum absolute atomic E-state index is 14.7. The zero-order valence-corrected chi connectivity index (χ0v) is 26.3. The second-order valence-corrected chi connectivity index (χ2v) is 16.2. The van der Waals surface area contributed by atoms with Crippen LogP contribution in [0.1, 0.15) is 119 Å². The molecule has 220 valence electrons. The molecular weight excluding hydrogens is 510 g/mol. The molecule has 0 amide bonds. The number of hydrogen-bond donors (Lipinski definition) is 0. The summed E-state index contributed by atoms with van der Waals surface area (Å²) in [6, 6.07) is 2.21. The number of aromatic nitrogens is 2. The molecule has 0 spiro atoms. The highest BCUT2D eigenvalue weighted by Gasteiger charge is 2.70. The van der Waals surface area contributed by atoms with E-state index >= 15 is 0 Å². The average Bonchev–Trinajstić information content (AvgIpc) is 3.37. The smallest absolute Gasteiger partial charge is 0.222 e. The fraction of sp³-hybridized carbons (Fsp3) is 0.743.